The summed E-state index contributed by atoms with van der Waals surface area (Å²) < 4.78 is 5.07. The minimum absolute atomic E-state index is 0.105. The fourth-order valence-corrected chi connectivity index (χ4v) is 2.31. The van der Waals surface area contributed by atoms with Gasteiger partial charge in [-0.2, -0.15) is 0 Å². The molecule has 25 heavy (non-hydrogen) atoms. The summed E-state index contributed by atoms with van der Waals surface area (Å²) in [5.74, 6) is -0.582. The number of nitrogens with one attached hydrogen (secondary N) is 2. The summed E-state index contributed by atoms with van der Waals surface area (Å²) in [6, 6.07) is 11.4. The summed E-state index contributed by atoms with van der Waals surface area (Å²) in [5, 5.41) is 5.66. The molecule has 0 fully saturated rings. The molecule has 2 N–H and O–H groups in total. The maximum atomic E-state index is 12.3. The second kappa shape index (κ2) is 7.19. The zero-order valence-electron chi connectivity index (χ0n) is 13.2. The van der Waals surface area contributed by atoms with Crippen molar-refractivity contribution in [3.05, 3.63) is 77.0 Å². The minimum atomic E-state index is -0.429. The van der Waals surface area contributed by atoms with Gasteiger partial charge in [0.15, 0.2) is 11.0 Å². The SMILES string of the molecule is Cc1ccc(NC(=O)c2ccc(Cl)o2)cc1NC(=O)c1ccncc1. The van der Waals surface area contributed by atoms with Gasteiger partial charge in [-0.1, -0.05) is 6.07 Å². The number of anilines is 2. The molecule has 126 valence electrons. The van der Waals surface area contributed by atoms with E-state index in [9.17, 15) is 9.59 Å². The van der Waals surface area contributed by atoms with Crippen LogP contribution in [0.3, 0.4) is 0 Å². The van der Waals surface area contributed by atoms with Gasteiger partial charge in [0.25, 0.3) is 11.8 Å². The van der Waals surface area contributed by atoms with E-state index in [0.717, 1.165) is 5.56 Å². The van der Waals surface area contributed by atoms with Gasteiger partial charge in [-0.15, -0.1) is 0 Å². The molecule has 0 unspecified atom stereocenters. The van der Waals surface area contributed by atoms with Crippen LogP contribution in [0.4, 0.5) is 11.4 Å². The van der Waals surface area contributed by atoms with Crippen LogP contribution in [0.2, 0.25) is 5.22 Å². The van der Waals surface area contributed by atoms with Crippen LogP contribution in [0.15, 0.2) is 59.3 Å². The third-order valence-electron chi connectivity index (χ3n) is 3.48. The Balaban J connectivity index is 1.76. The molecular weight excluding hydrogens is 342 g/mol. The van der Waals surface area contributed by atoms with Crippen molar-refractivity contribution in [2.45, 2.75) is 6.92 Å². The van der Waals surface area contributed by atoms with Gasteiger partial charge >= 0.3 is 0 Å². The molecule has 6 nitrogen and oxygen atoms in total. The summed E-state index contributed by atoms with van der Waals surface area (Å²) in [6.45, 7) is 1.86. The molecule has 0 saturated heterocycles. The number of benzene rings is 1. The second-order valence-electron chi connectivity index (χ2n) is 5.28. The smallest absolute Gasteiger partial charge is 0.291 e. The van der Waals surface area contributed by atoms with Gasteiger partial charge in [0, 0.05) is 29.3 Å². The number of rotatable bonds is 4. The number of hydrogen-bond donors (Lipinski definition) is 2. The van der Waals surface area contributed by atoms with Crippen LogP contribution in [0.5, 0.6) is 0 Å². The van der Waals surface area contributed by atoms with Gasteiger partial charge in [0.2, 0.25) is 0 Å². The zero-order chi connectivity index (χ0) is 17.8. The van der Waals surface area contributed by atoms with E-state index < -0.39 is 5.91 Å². The topological polar surface area (TPSA) is 84.2 Å². The number of nitrogens with zero attached hydrogens (tertiary/aromatic N) is 1. The number of hydrogen-bond acceptors (Lipinski definition) is 4. The van der Waals surface area contributed by atoms with Gasteiger partial charge in [-0.05, 0) is 60.5 Å². The first-order valence-electron chi connectivity index (χ1n) is 7.41. The lowest BCUT2D eigenvalue weighted by Gasteiger charge is -2.11. The molecule has 0 radical (unpaired) electrons. The van der Waals surface area contributed by atoms with Crippen molar-refractivity contribution in [2.24, 2.45) is 0 Å². The van der Waals surface area contributed by atoms with Gasteiger partial charge in [0.05, 0.1) is 0 Å². The third-order valence-corrected chi connectivity index (χ3v) is 3.69. The molecule has 0 spiro atoms. The van der Waals surface area contributed by atoms with Crippen LogP contribution in [0.25, 0.3) is 0 Å². The maximum absolute atomic E-state index is 12.3. The van der Waals surface area contributed by atoms with E-state index in [4.69, 9.17) is 16.0 Å². The van der Waals surface area contributed by atoms with E-state index in [1.165, 1.54) is 12.1 Å². The molecule has 0 bridgehead atoms. The predicted octanol–water partition coefficient (Wildman–Crippen LogP) is 4.14. The van der Waals surface area contributed by atoms with Gasteiger partial charge in [0.1, 0.15) is 0 Å². The van der Waals surface area contributed by atoms with Crippen LogP contribution >= 0.6 is 11.6 Å². The average Bonchev–Trinajstić information content (AvgIpc) is 3.05. The van der Waals surface area contributed by atoms with E-state index in [1.807, 2.05) is 6.92 Å². The number of carbonyl (C=O) groups is 2. The molecular formula is C18H14ClN3O3. The molecule has 1 aromatic carbocycles. The van der Waals surface area contributed by atoms with Crippen molar-refractivity contribution in [3.63, 3.8) is 0 Å². The molecule has 2 amide bonds. The first kappa shape index (κ1) is 16.7. The van der Waals surface area contributed by atoms with E-state index in [1.54, 1.807) is 42.7 Å². The lowest BCUT2D eigenvalue weighted by Crippen LogP contribution is -2.14. The number of pyridine rings is 1. The van der Waals surface area contributed by atoms with Crippen LogP contribution in [-0.2, 0) is 0 Å². The lowest BCUT2D eigenvalue weighted by molar-refractivity contribution is 0.0995. The number of furan rings is 1. The largest absolute Gasteiger partial charge is 0.440 e. The quantitative estimate of drug-likeness (QED) is 0.736. The van der Waals surface area contributed by atoms with Crippen LogP contribution in [-0.4, -0.2) is 16.8 Å². The molecule has 2 aromatic heterocycles. The summed E-state index contributed by atoms with van der Waals surface area (Å²) >= 11 is 5.67. The second-order valence-corrected chi connectivity index (χ2v) is 5.65. The van der Waals surface area contributed by atoms with E-state index >= 15 is 0 Å². The van der Waals surface area contributed by atoms with E-state index in [-0.39, 0.29) is 16.9 Å². The number of amides is 2. The fourth-order valence-electron chi connectivity index (χ4n) is 2.16. The highest BCUT2D eigenvalue weighted by atomic mass is 35.5. The molecule has 0 aliphatic carbocycles. The van der Waals surface area contributed by atoms with Crippen molar-refractivity contribution in [1.29, 1.82) is 0 Å². The highest BCUT2D eigenvalue weighted by Gasteiger charge is 2.13. The minimum Gasteiger partial charge on any atom is -0.440 e. The van der Waals surface area contributed by atoms with Crippen molar-refractivity contribution in [3.8, 4) is 0 Å². The molecule has 3 aromatic rings. The lowest BCUT2D eigenvalue weighted by atomic mass is 10.1. The highest BCUT2D eigenvalue weighted by molar-refractivity contribution is 6.29. The molecule has 7 heteroatoms. The molecule has 0 aliphatic heterocycles. The first-order valence-corrected chi connectivity index (χ1v) is 7.79. The monoisotopic (exact) mass is 355 g/mol. The van der Waals surface area contributed by atoms with Crippen molar-refractivity contribution in [2.75, 3.05) is 10.6 Å². The highest BCUT2D eigenvalue weighted by Crippen LogP contribution is 2.22. The summed E-state index contributed by atoms with van der Waals surface area (Å²) in [5.41, 5.74) is 2.47. The normalized spacial score (nSPS) is 10.3. The van der Waals surface area contributed by atoms with Crippen LogP contribution in [0.1, 0.15) is 26.5 Å². The van der Waals surface area contributed by atoms with E-state index in [2.05, 4.69) is 15.6 Å². The third kappa shape index (κ3) is 4.05. The van der Waals surface area contributed by atoms with Crippen molar-refractivity contribution < 1.29 is 14.0 Å². The first-order chi connectivity index (χ1) is 12.0. The number of aromatic nitrogens is 1. The number of aryl methyl sites for hydroxylation is 1. The van der Waals surface area contributed by atoms with Crippen LogP contribution in [0, 0.1) is 6.92 Å². The van der Waals surface area contributed by atoms with Crippen molar-refractivity contribution in [1.82, 2.24) is 4.98 Å². The predicted molar refractivity (Wildman–Crippen MR) is 95.0 cm³/mol. The molecule has 0 atom stereocenters. The fraction of sp³-hybridized carbons (Fsp3) is 0.0556. The number of carbonyl (C=O) groups excluding carboxylic acids is 2. The van der Waals surface area contributed by atoms with Crippen LogP contribution < -0.4 is 10.6 Å². The molecule has 2 heterocycles. The Bertz CT molecular complexity index is 922. The van der Waals surface area contributed by atoms with Crippen molar-refractivity contribution >= 4 is 34.8 Å². The Hall–Kier alpha value is -3.12. The summed E-state index contributed by atoms with van der Waals surface area (Å²) in [4.78, 5) is 28.3. The summed E-state index contributed by atoms with van der Waals surface area (Å²) in [6.07, 6.45) is 3.10. The Morgan fingerprint density at radius 2 is 1.76 bits per heavy atom. The molecule has 0 saturated carbocycles. The Kier molecular flexibility index (Phi) is 4.81. The van der Waals surface area contributed by atoms with Gasteiger partial charge in [-0.25, -0.2) is 0 Å². The zero-order valence-corrected chi connectivity index (χ0v) is 14.0. The maximum Gasteiger partial charge on any atom is 0.291 e. The van der Waals surface area contributed by atoms with Gasteiger partial charge < -0.3 is 15.1 Å². The Morgan fingerprint density at radius 3 is 2.44 bits per heavy atom. The Morgan fingerprint density at radius 1 is 1.00 bits per heavy atom. The molecule has 0 aliphatic rings. The standard InChI is InChI=1S/C18H14ClN3O3/c1-11-2-3-13(21-18(24)15-4-5-16(19)25-15)10-14(11)22-17(23)12-6-8-20-9-7-12/h2-10H,1H3,(H,21,24)(H,22,23). The number of halogens is 1. The van der Waals surface area contributed by atoms with Gasteiger partial charge in [-0.3, -0.25) is 14.6 Å². The average molecular weight is 356 g/mol. The van der Waals surface area contributed by atoms with E-state index in [0.29, 0.717) is 16.9 Å². The molecule has 3 rings (SSSR count). The Labute approximate surface area is 148 Å². The summed E-state index contributed by atoms with van der Waals surface area (Å²) in [7, 11) is 0.